The molecule has 0 aromatic heterocycles. The van der Waals surface area contributed by atoms with Gasteiger partial charge in [0.2, 0.25) is 0 Å². The summed E-state index contributed by atoms with van der Waals surface area (Å²) in [5.41, 5.74) is 4.82. The highest BCUT2D eigenvalue weighted by atomic mass is 16.6. The van der Waals surface area contributed by atoms with Gasteiger partial charge in [0, 0.05) is 13.0 Å². The maximum atomic E-state index is 10.3. The average Bonchev–Trinajstić information content (AvgIpc) is 1.85. The number of amidine groups is 1. The lowest BCUT2D eigenvalue weighted by Gasteiger charge is -2.19. The smallest absolute Gasteiger partial charge is 0.406 e. The number of rotatable bonds is 1. The van der Waals surface area contributed by atoms with Crippen LogP contribution in [0.5, 0.6) is 0 Å². The maximum absolute atomic E-state index is 10.3. The van der Waals surface area contributed by atoms with E-state index in [1.54, 1.807) is 0 Å². The van der Waals surface area contributed by atoms with Crippen LogP contribution in [0.25, 0.3) is 0 Å². The van der Waals surface area contributed by atoms with Crippen LogP contribution >= 0.6 is 0 Å². The Morgan fingerprint density at radius 1 is 1.91 bits per heavy atom. The summed E-state index contributed by atoms with van der Waals surface area (Å²) in [6, 6.07) is 0. The van der Waals surface area contributed by atoms with Gasteiger partial charge in [-0.05, 0) is 6.92 Å². The molecule has 0 aliphatic carbocycles. The zero-order valence-corrected chi connectivity index (χ0v) is 6.33. The van der Waals surface area contributed by atoms with Crippen LogP contribution in [0, 0.1) is 0 Å². The molecule has 0 saturated heterocycles. The van der Waals surface area contributed by atoms with Crippen molar-refractivity contribution in [3.05, 3.63) is 0 Å². The number of amides is 1. The van der Waals surface area contributed by atoms with Crippen molar-refractivity contribution in [2.45, 2.75) is 19.6 Å². The van der Waals surface area contributed by atoms with Gasteiger partial charge in [-0.1, -0.05) is 0 Å². The molecule has 3 N–H and O–H groups in total. The van der Waals surface area contributed by atoms with Crippen molar-refractivity contribution in [3.8, 4) is 0 Å². The van der Waals surface area contributed by atoms with Crippen molar-refractivity contribution in [2.24, 2.45) is 10.7 Å². The van der Waals surface area contributed by atoms with E-state index in [0.29, 0.717) is 6.42 Å². The van der Waals surface area contributed by atoms with Crippen molar-refractivity contribution in [1.29, 1.82) is 0 Å². The average molecular weight is 157 g/mol. The van der Waals surface area contributed by atoms with Crippen molar-refractivity contribution in [1.82, 2.24) is 5.32 Å². The molecule has 1 atom stereocenters. The number of hydrogen-bond acceptors (Lipinski definition) is 4. The van der Waals surface area contributed by atoms with Gasteiger partial charge < -0.3 is 15.8 Å². The van der Waals surface area contributed by atoms with E-state index in [1.165, 1.54) is 0 Å². The predicted molar refractivity (Wildman–Crippen MR) is 40.2 cm³/mol. The van der Waals surface area contributed by atoms with Gasteiger partial charge in [0.05, 0.1) is 5.84 Å². The molecule has 1 aliphatic rings. The van der Waals surface area contributed by atoms with Gasteiger partial charge in [0.25, 0.3) is 0 Å². The lowest BCUT2D eigenvalue weighted by Crippen LogP contribution is -2.34. The Hall–Kier alpha value is -1.26. The fraction of sp³-hybridized carbons (Fsp3) is 0.667. The van der Waals surface area contributed by atoms with Crippen LogP contribution in [0.4, 0.5) is 4.79 Å². The Balaban J connectivity index is 2.46. The Kier molecular flexibility index (Phi) is 2.30. The summed E-state index contributed by atoms with van der Waals surface area (Å²) >= 11 is 0. The molecule has 1 rings (SSSR count). The first kappa shape index (κ1) is 7.84. The van der Waals surface area contributed by atoms with Crippen molar-refractivity contribution in [3.63, 3.8) is 0 Å². The Labute approximate surface area is 64.6 Å². The highest BCUT2D eigenvalue weighted by molar-refractivity contribution is 5.80. The molecule has 0 fully saturated rings. The van der Waals surface area contributed by atoms with Crippen molar-refractivity contribution >= 4 is 11.9 Å². The molecule has 5 nitrogen and oxygen atoms in total. The molecule has 0 radical (unpaired) electrons. The van der Waals surface area contributed by atoms with Crippen LogP contribution < -0.4 is 11.1 Å². The van der Waals surface area contributed by atoms with Gasteiger partial charge in [0.15, 0.2) is 6.23 Å². The summed E-state index contributed by atoms with van der Waals surface area (Å²) in [5.74, 6) is 0.780. The third-order valence-electron chi connectivity index (χ3n) is 1.36. The zero-order valence-electron chi connectivity index (χ0n) is 6.33. The summed E-state index contributed by atoms with van der Waals surface area (Å²) in [7, 11) is 0. The molecule has 0 bridgehead atoms. The number of primary amides is 1. The van der Waals surface area contributed by atoms with Gasteiger partial charge in [-0.2, -0.15) is 0 Å². The fourth-order valence-corrected chi connectivity index (χ4v) is 0.922. The van der Waals surface area contributed by atoms with E-state index in [2.05, 4.69) is 15.0 Å². The van der Waals surface area contributed by atoms with Crippen LogP contribution in [0.3, 0.4) is 0 Å². The summed E-state index contributed by atoms with van der Waals surface area (Å²) in [6.07, 6.45) is -0.484. The Morgan fingerprint density at radius 3 is 3.18 bits per heavy atom. The number of aliphatic imine (C=N–C) groups is 1. The largest absolute Gasteiger partial charge is 0.424 e. The number of carbonyl (C=O) groups excluding carboxylic acids is 1. The zero-order chi connectivity index (χ0) is 8.27. The van der Waals surface area contributed by atoms with Gasteiger partial charge >= 0.3 is 6.09 Å². The minimum Gasteiger partial charge on any atom is -0.424 e. The van der Waals surface area contributed by atoms with Crippen molar-refractivity contribution < 1.29 is 9.53 Å². The van der Waals surface area contributed by atoms with E-state index >= 15 is 0 Å². The summed E-state index contributed by atoms with van der Waals surface area (Å²) in [5, 5.41) is 3.00. The monoisotopic (exact) mass is 157 g/mol. The first-order valence-corrected chi connectivity index (χ1v) is 3.43. The molecule has 0 aromatic carbocycles. The third-order valence-corrected chi connectivity index (χ3v) is 1.36. The van der Waals surface area contributed by atoms with Crippen LogP contribution in [0.15, 0.2) is 4.99 Å². The molecule has 11 heavy (non-hydrogen) atoms. The normalized spacial score (nSPS) is 23.4. The highest BCUT2D eigenvalue weighted by Gasteiger charge is 2.14. The molecule has 62 valence electrons. The first-order valence-electron chi connectivity index (χ1n) is 3.43. The first-order chi connectivity index (χ1) is 5.18. The number of hydrogen-bond donors (Lipinski definition) is 2. The molecular formula is C6H11N3O2. The van der Waals surface area contributed by atoms with E-state index in [4.69, 9.17) is 5.73 Å². The number of ether oxygens (including phenoxy) is 1. The molecule has 5 heteroatoms. The second kappa shape index (κ2) is 3.23. The van der Waals surface area contributed by atoms with Gasteiger partial charge in [-0.15, -0.1) is 0 Å². The van der Waals surface area contributed by atoms with Gasteiger partial charge in [-0.3, -0.25) is 0 Å². The standard InChI is InChI=1S/C6H11N3O2/c1-4-8-3-2-5(9-4)11-6(7)10/h5H,2-3H2,1H3,(H2,7,10)(H,8,9). The minimum atomic E-state index is -0.770. The molecule has 0 saturated carbocycles. The predicted octanol–water partition coefficient (Wildman–Crippen LogP) is -0.180. The Bertz CT molecular complexity index is 190. The molecule has 1 heterocycles. The lowest BCUT2D eigenvalue weighted by molar-refractivity contribution is 0.104. The van der Waals surface area contributed by atoms with E-state index in [0.717, 1.165) is 12.4 Å². The second-order valence-electron chi connectivity index (χ2n) is 2.32. The van der Waals surface area contributed by atoms with E-state index in [9.17, 15) is 4.79 Å². The van der Waals surface area contributed by atoms with E-state index in [1.807, 2.05) is 6.92 Å². The van der Waals surface area contributed by atoms with Crippen molar-refractivity contribution in [2.75, 3.05) is 6.54 Å². The third kappa shape index (κ3) is 2.45. The minimum absolute atomic E-state index is 0.395. The number of nitrogens with one attached hydrogen (secondary N) is 1. The van der Waals surface area contributed by atoms with Gasteiger partial charge in [0.1, 0.15) is 0 Å². The molecular weight excluding hydrogens is 146 g/mol. The topological polar surface area (TPSA) is 76.7 Å². The van der Waals surface area contributed by atoms with Crippen LogP contribution in [-0.2, 0) is 4.74 Å². The fourth-order valence-electron chi connectivity index (χ4n) is 0.922. The highest BCUT2D eigenvalue weighted by Crippen LogP contribution is 2.03. The molecule has 1 aliphatic heterocycles. The van der Waals surface area contributed by atoms with E-state index < -0.39 is 12.3 Å². The number of nitrogens with zero attached hydrogens (tertiary/aromatic N) is 1. The molecule has 1 unspecified atom stereocenters. The van der Waals surface area contributed by atoms with E-state index in [-0.39, 0.29) is 0 Å². The summed E-state index contributed by atoms with van der Waals surface area (Å²) < 4.78 is 4.67. The van der Waals surface area contributed by atoms with Gasteiger partial charge in [-0.25, -0.2) is 9.79 Å². The van der Waals surface area contributed by atoms with Crippen LogP contribution in [-0.4, -0.2) is 24.7 Å². The summed E-state index contributed by atoms with van der Waals surface area (Å²) in [4.78, 5) is 14.3. The number of nitrogens with two attached hydrogens (primary N) is 1. The molecule has 0 aromatic rings. The quantitative estimate of drug-likeness (QED) is 0.554. The van der Waals surface area contributed by atoms with Crippen LogP contribution in [0.2, 0.25) is 0 Å². The summed E-state index contributed by atoms with van der Waals surface area (Å²) in [6.45, 7) is 2.59. The maximum Gasteiger partial charge on any atom is 0.406 e. The SMILES string of the molecule is CC1=NC(OC(N)=O)CCN1. The second-order valence-corrected chi connectivity index (χ2v) is 2.32. The Morgan fingerprint density at radius 2 is 2.64 bits per heavy atom. The number of carbonyl (C=O) groups is 1. The van der Waals surface area contributed by atoms with Crippen LogP contribution in [0.1, 0.15) is 13.3 Å². The molecule has 0 spiro atoms. The lowest BCUT2D eigenvalue weighted by atomic mass is 10.3. The molecule has 1 amide bonds.